The molecule has 1 aromatic rings. The maximum atomic E-state index is 6.15. The largest absolute Gasteiger partial charge is 0.381 e. The van der Waals surface area contributed by atoms with E-state index in [9.17, 15) is 0 Å². The highest BCUT2D eigenvalue weighted by Gasteiger charge is 2.32. The van der Waals surface area contributed by atoms with Crippen molar-refractivity contribution in [3.05, 3.63) is 29.3 Å². The third-order valence-corrected chi connectivity index (χ3v) is 7.08. The first-order chi connectivity index (χ1) is 13.2. The average molecular weight is 411 g/mol. The minimum Gasteiger partial charge on any atom is -0.381 e. The Hall–Kier alpha value is -1.11. The van der Waals surface area contributed by atoms with Crippen LogP contribution in [0, 0.1) is 0 Å². The zero-order chi connectivity index (χ0) is 19.1. The van der Waals surface area contributed by atoms with Crippen LogP contribution in [0.2, 0.25) is 5.02 Å². The van der Waals surface area contributed by atoms with Crippen molar-refractivity contribution >= 4 is 35.0 Å². The second-order valence-corrected chi connectivity index (χ2v) is 8.83. The molecule has 2 fully saturated rings. The SMILES string of the molecule is CCNC(=NCC1(SC)CCOCC1)N1CCN(c2cccc(Cl)c2)CC1. The number of halogens is 1. The van der Waals surface area contributed by atoms with Gasteiger partial charge in [-0.05, 0) is 44.2 Å². The molecule has 0 aliphatic carbocycles. The number of thioether (sulfide) groups is 1. The second-order valence-electron chi connectivity index (χ2n) is 7.12. The summed E-state index contributed by atoms with van der Waals surface area (Å²) in [6.07, 6.45) is 4.37. The smallest absolute Gasteiger partial charge is 0.194 e. The highest BCUT2D eigenvalue weighted by Crippen LogP contribution is 2.34. The van der Waals surface area contributed by atoms with Crippen molar-refractivity contribution in [1.29, 1.82) is 0 Å². The molecule has 0 unspecified atom stereocenters. The Bertz CT molecular complexity index is 628. The molecule has 1 N–H and O–H groups in total. The van der Waals surface area contributed by atoms with Crippen LogP contribution < -0.4 is 10.2 Å². The second kappa shape index (κ2) is 9.89. The molecule has 2 heterocycles. The molecule has 2 aliphatic rings. The first kappa shape index (κ1) is 20.6. The van der Waals surface area contributed by atoms with Crippen molar-refractivity contribution in [1.82, 2.24) is 10.2 Å². The summed E-state index contributed by atoms with van der Waals surface area (Å²) < 4.78 is 5.78. The number of aliphatic imine (C=N–C) groups is 1. The topological polar surface area (TPSA) is 40.1 Å². The Labute approximate surface area is 172 Å². The molecule has 2 aliphatic heterocycles. The van der Waals surface area contributed by atoms with E-state index in [1.54, 1.807) is 0 Å². The maximum Gasteiger partial charge on any atom is 0.194 e. The van der Waals surface area contributed by atoms with Crippen LogP contribution >= 0.6 is 23.4 Å². The van der Waals surface area contributed by atoms with Gasteiger partial charge in [0.15, 0.2) is 5.96 Å². The van der Waals surface area contributed by atoms with Gasteiger partial charge in [-0.3, -0.25) is 4.99 Å². The van der Waals surface area contributed by atoms with Crippen molar-refractivity contribution < 1.29 is 4.74 Å². The fourth-order valence-corrected chi connectivity index (χ4v) is 4.62. The number of piperazine rings is 1. The van der Waals surface area contributed by atoms with Crippen LogP contribution in [0.5, 0.6) is 0 Å². The Kier molecular flexibility index (Phi) is 7.56. The zero-order valence-electron chi connectivity index (χ0n) is 16.4. The monoisotopic (exact) mass is 410 g/mol. The van der Waals surface area contributed by atoms with E-state index in [-0.39, 0.29) is 4.75 Å². The Morgan fingerprint density at radius 1 is 1.26 bits per heavy atom. The van der Waals surface area contributed by atoms with Crippen molar-refractivity contribution in [2.45, 2.75) is 24.5 Å². The number of hydrogen-bond acceptors (Lipinski definition) is 4. The van der Waals surface area contributed by atoms with Gasteiger partial charge >= 0.3 is 0 Å². The molecular weight excluding hydrogens is 380 g/mol. The summed E-state index contributed by atoms with van der Waals surface area (Å²) in [5, 5.41) is 4.29. The van der Waals surface area contributed by atoms with Gasteiger partial charge in [0.1, 0.15) is 0 Å². The number of rotatable bonds is 5. The predicted octanol–water partition coefficient (Wildman–Crippen LogP) is 3.34. The average Bonchev–Trinajstić information content (AvgIpc) is 2.72. The summed E-state index contributed by atoms with van der Waals surface area (Å²) in [6.45, 7) is 9.48. The molecule has 7 heteroatoms. The molecule has 0 aromatic heterocycles. The van der Waals surface area contributed by atoms with Crippen molar-refractivity contribution in [3.8, 4) is 0 Å². The van der Waals surface area contributed by atoms with Gasteiger partial charge in [-0.2, -0.15) is 11.8 Å². The lowest BCUT2D eigenvalue weighted by Crippen LogP contribution is -2.53. The third kappa shape index (κ3) is 5.46. The molecule has 27 heavy (non-hydrogen) atoms. The van der Waals surface area contributed by atoms with E-state index in [0.29, 0.717) is 0 Å². The quantitative estimate of drug-likeness (QED) is 0.595. The fraction of sp³-hybridized carbons (Fsp3) is 0.650. The summed E-state index contributed by atoms with van der Waals surface area (Å²) in [6, 6.07) is 8.12. The molecule has 0 radical (unpaired) electrons. The number of nitrogens with zero attached hydrogens (tertiary/aromatic N) is 3. The van der Waals surface area contributed by atoms with Crippen molar-refractivity contribution in [2.75, 3.05) is 63.6 Å². The molecule has 0 bridgehead atoms. The van der Waals surface area contributed by atoms with E-state index in [4.69, 9.17) is 21.3 Å². The van der Waals surface area contributed by atoms with Crippen molar-refractivity contribution in [2.24, 2.45) is 4.99 Å². The van der Waals surface area contributed by atoms with Gasteiger partial charge < -0.3 is 19.9 Å². The van der Waals surface area contributed by atoms with E-state index in [0.717, 1.165) is 76.3 Å². The molecule has 0 amide bonds. The molecule has 0 atom stereocenters. The highest BCUT2D eigenvalue weighted by atomic mass is 35.5. The molecule has 2 saturated heterocycles. The molecule has 3 rings (SSSR count). The van der Waals surface area contributed by atoms with Gasteiger partial charge in [0.25, 0.3) is 0 Å². The van der Waals surface area contributed by atoms with Gasteiger partial charge in [0.2, 0.25) is 0 Å². The Morgan fingerprint density at radius 3 is 2.63 bits per heavy atom. The first-order valence-corrected chi connectivity index (χ1v) is 11.4. The summed E-state index contributed by atoms with van der Waals surface area (Å²) in [5.41, 5.74) is 1.20. The van der Waals surface area contributed by atoms with Gasteiger partial charge in [-0.25, -0.2) is 0 Å². The van der Waals surface area contributed by atoms with Crippen LogP contribution in [-0.4, -0.2) is 74.3 Å². The third-order valence-electron chi connectivity index (χ3n) is 5.44. The number of nitrogens with one attached hydrogen (secondary N) is 1. The van der Waals surface area contributed by atoms with E-state index >= 15 is 0 Å². The number of benzene rings is 1. The van der Waals surface area contributed by atoms with Crippen LogP contribution in [0.1, 0.15) is 19.8 Å². The number of anilines is 1. The van der Waals surface area contributed by atoms with Crippen LogP contribution in [0.25, 0.3) is 0 Å². The molecule has 0 spiro atoms. The predicted molar refractivity (Wildman–Crippen MR) is 118 cm³/mol. The number of ether oxygens (including phenoxy) is 1. The lowest BCUT2D eigenvalue weighted by molar-refractivity contribution is 0.0793. The van der Waals surface area contributed by atoms with E-state index in [2.05, 4.69) is 34.4 Å². The molecule has 5 nitrogen and oxygen atoms in total. The minimum absolute atomic E-state index is 0.224. The summed E-state index contributed by atoms with van der Waals surface area (Å²) in [5.74, 6) is 1.04. The van der Waals surface area contributed by atoms with Gasteiger partial charge in [0, 0.05) is 61.4 Å². The van der Waals surface area contributed by atoms with E-state index in [1.807, 2.05) is 30.0 Å². The normalized spacial score (nSPS) is 20.6. The zero-order valence-corrected chi connectivity index (χ0v) is 18.0. The van der Waals surface area contributed by atoms with E-state index in [1.165, 1.54) is 5.69 Å². The highest BCUT2D eigenvalue weighted by molar-refractivity contribution is 8.00. The Balaban J connectivity index is 1.62. The maximum absolute atomic E-state index is 6.15. The lowest BCUT2D eigenvalue weighted by atomic mass is 9.99. The molecule has 150 valence electrons. The van der Waals surface area contributed by atoms with Crippen LogP contribution in [-0.2, 0) is 4.74 Å². The number of hydrogen-bond donors (Lipinski definition) is 1. The molecule has 1 aromatic carbocycles. The summed E-state index contributed by atoms with van der Waals surface area (Å²) in [4.78, 5) is 9.81. The van der Waals surface area contributed by atoms with E-state index < -0.39 is 0 Å². The fourth-order valence-electron chi connectivity index (χ4n) is 3.66. The minimum atomic E-state index is 0.224. The van der Waals surface area contributed by atoms with Crippen LogP contribution in [0.15, 0.2) is 29.3 Å². The van der Waals surface area contributed by atoms with Crippen LogP contribution in [0.3, 0.4) is 0 Å². The number of guanidine groups is 1. The first-order valence-electron chi connectivity index (χ1n) is 9.82. The molecule has 0 saturated carbocycles. The van der Waals surface area contributed by atoms with Gasteiger partial charge in [-0.15, -0.1) is 0 Å². The Morgan fingerprint density at radius 2 is 2.00 bits per heavy atom. The van der Waals surface area contributed by atoms with Crippen molar-refractivity contribution in [3.63, 3.8) is 0 Å². The summed E-state index contributed by atoms with van der Waals surface area (Å²) >= 11 is 8.09. The standard InChI is InChI=1S/C20H31ClN4OS/c1-3-22-19(23-16-20(27-2)7-13-26-14-8-20)25-11-9-24(10-12-25)18-6-4-5-17(21)15-18/h4-6,15H,3,7-14,16H2,1-2H3,(H,22,23). The van der Waals surface area contributed by atoms with Crippen LogP contribution in [0.4, 0.5) is 5.69 Å². The lowest BCUT2D eigenvalue weighted by Gasteiger charge is -2.39. The summed E-state index contributed by atoms with van der Waals surface area (Å²) in [7, 11) is 0. The molecular formula is C20H31ClN4OS. The van der Waals surface area contributed by atoms with Gasteiger partial charge in [-0.1, -0.05) is 17.7 Å². The van der Waals surface area contributed by atoms with Gasteiger partial charge in [0.05, 0.1) is 6.54 Å².